The third kappa shape index (κ3) is 6.13. The molecule has 0 unspecified atom stereocenters. The number of hydrogen-bond acceptors (Lipinski definition) is 7. The van der Waals surface area contributed by atoms with Crippen LogP contribution in [0.15, 0.2) is 90.2 Å². The maximum atomic E-state index is 14.6. The van der Waals surface area contributed by atoms with Crippen LogP contribution in [0, 0.1) is 11.9 Å². The van der Waals surface area contributed by atoms with E-state index < -0.39 is 21.8 Å². The van der Waals surface area contributed by atoms with Crippen LogP contribution in [0.2, 0.25) is 0 Å². The minimum Gasteiger partial charge on any atom is -0.478 e. The van der Waals surface area contributed by atoms with Crippen LogP contribution in [0.25, 0.3) is 28.1 Å². The fourth-order valence-electron chi connectivity index (χ4n) is 5.19. The van der Waals surface area contributed by atoms with E-state index in [-0.39, 0.29) is 16.8 Å². The first-order chi connectivity index (χ1) is 21.2. The van der Waals surface area contributed by atoms with Crippen LogP contribution in [-0.4, -0.2) is 45.9 Å². The highest BCUT2D eigenvalue weighted by Gasteiger charge is 2.27. The quantitative estimate of drug-likeness (QED) is 0.142. The number of allylic oxidation sites excluding steroid dienone is 1. The number of rotatable bonds is 9. The molecular formula is C33H27FN4O5S. The molecule has 0 atom stereocenters. The second kappa shape index (κ2) is 11.8. The summed E-state index contributed by atoms with van der Waals surface area (Å²) in [5, 5.41) is 15.7. The maximum absolute atomic E-state index is 14.6. The zero-order valence-corrected chi connectivity index (χ0v) is 24.4. The summed E-state index contributed by atoms with van der Waals surface area (Å²) in [7, 11) is -3.47. The van der Waals surface area contributed by atoms with E-state index in [1.807, 2.05) is 54.6 Å². The summed E-state index contributed by atoms with van der Waals surface area (Å²) in [4.78, 5) is 19.0. The van der Waals surface area contributed by atoms with Gasteiger partial charge in [-0.1, -0.05) is 48.9 Å². The van der Waals surface area contributed by atoms with Gasteiger partial charge in [-0.05, 0) is 82.5 Å². The molecule has 0 saturated heterocycles. The smallest absolute Gasteiger partial charge is 0.328 e. The van der Waals surface area contributed by atoms with Crippen LogP contribution in [0.1, 0.15) is 41.5 Å². The predicted molar refractivity (Wildman–Crippen MR) is 164 cm³/mol. The summed E-state index contributed by atoms with van der Waals surface area (Å²) in [6.45, 7) is 0. The summed E-state index contributed by atoms with van der Waals surface area (Å²) in [5.74, 6) is -0.602. The van der Waals surface area contributed by atoms with Crippen LogP contribution in [-0.2, 0) is 14.6 Å². The normalized spacial score (nSPS) is 14.4. The van der Waals surface area contributed by atoms with E-state index in [1.165, 1.54) is 12.3 Å². The Morgan fingerprint density at radius 3 is 2.30 bits per heavy atom. The second-order valence-electron chi connectivity index (χ2n) is 10.6. The van der Waals surface area contributed by atoms with Gasteiger partial charge in [-0.3, -0.25) is 5.10 Å². The molecule has 0 spiro atoms. The molecule has 9 nitrogen and oxygen atoms in total. The van der Waals surface area contributed by atoms with Crippen molar-refractivity contribution < 1.29 is 27.4 Å². The lowest BCUT2D eigenvalue weighted by atomic mass is 9.73. The Bertz CT molecular complexity index is 2010. The van der Waals surface area contributed by atoms with Crippen molar-refractivity contribution in [2.45, 2.75) is 24.3 Å². The highest BCUT2D eigenvalue weighted by molar-refractivity contribution is 7.90. The van der Waals surface area contributed by atoms with Gasteiger partial charge in [-0.25, -0.2) is 23.2 Å². The average molecular weight is 611 g/mol. The van der Waals surface area contributed by atoms with Gasteiger partial charge in [0.2, 0.25) is 11.8 Å². The number of aliphatic carboxylic acids is 1. The first kappa shape index (κ1) is 28.9. The minimum absolute atomic E-state index is 0.137. The molecule has 222 valence electrons. The van der Waals surface area contributed by atoms with Crippen LogP contribution < -0.4 is 4.74 Å². The number of ether oxygens (including phenoxy) is 1. The lowest BCUT2D eigenvalue weighted by Gasteiger charge is -2.31. The van der Waals surface area contributed by atoms with E-state index in [1.54, 1.807) is 12.1 Å². The van der Waals surface area contributed by atoms with Gasteiger partial charge in [-0.2, -0.15) is 9.49 Å². The number of carboxylic acid groups (broad SMARTS) is 1. The first-order valence-electron chi connectivity index (χ1n) is 13.9. The van der Waals surface area contributed by atoms with Crippen molar-refractivity contribution in [2.24, 2.45) is 5.92 Å². The Kier molecular flexibility index (Phi) is 7.79. The summed E-state index contributed by atoms with van der Waals surface area (Å²) < 4.78 is 43.8. The molecule has 1 aliphatic carbocycles. The first-order valence-corrected chi connectivity index (χ1v) is 15.7. The van der Waals surface area contributed by atoms with Gasteiger partial charge in [-0.15, -0.1) is 0 Å². The molecule has 0 amide bonds. The Balaban J connectivity index is 1.43. The van der Waals surface area contributed by atoms with Gasteiger partial charge in [0.25, 0.3) is 0 Å². The number of nitrogens with zero attached hydrogens (tertiary/aromatic N) is 3. The standard InChI is InChI=1S/C33H27FN4O5S/c1-44(41,42)29-19-35-28(18-36-29)43-25-13-10-23(11-14-25)31(21-3-2-4-21)32(22-8-5-20(6-9-22)7-16-30(39)40)24-12-15-27-26(17-24)33(34)38-37-27/h5-19,21H,2-4H2,1H3,(H,37,38)(H,39,40)/b16-7+,32-31?. The lowest BCUT2D eigenvalue weighted by molar-refractivity contribution is -0.131. The van der Waals surface area contributed by atoms with Gasteiger partial charge in [0, 0.05) is 12.3 Å². The molecule has 1 saturated carbocycles. The van der Waals surface area contributed by atoms with Crippen LogP contribution in [0.4, 0.5) is 4.39 Å². The zero-order chi connectivity index (χ0) is 30.8. The van der Waals surface area contributed by atoms with Gasteiger partial charge in [0.05, 0.1) is 23.3 Å². The number of benzene rings is 3. The Morgan fingerprint density at radius 2 is 1.68 bits per heavy atom. The molecule has 0 aliphatic heterocycles. The summed E-state index contributed by atoms with van der Waals surface area (Å²) in [6, 6.07) is 20.7. The van der Waals surface area contributed by atoms with Crippen molar-refractivity contribution >= 4 is 43.9 Å². The van der Waals surface area contributed by atoms with Crippen molar-refractivity contribution in [3.8, 4) is 11.6 Å². The number of fused-ring (bicyclic) bond motifs is 1. The number of sulfone groups is 1. The maximum Gasteiger partial charge on any atom is 0.328 e. The highest BCUT2D eigenvalue weighted by Crippen LogP contribution is 2.45. The predicted octanol–water partition coefficient (Wildman–Crippen LogP) is 6.54. The molecular weight excluding hydrogens is 583 g/mol. The molecule has 6 rings (SSSR count). The van der Waals surface area contributed by atoms with E-state index in [2.05, 4.69) is 20.2 Å². The fraction of sp³-hybridized carbons (Fsp3) is 0.152. The largest absolute Gasteiger partial charge is 0.478 e. The van der Waals surface area contributed by atoms with Crippen molar-refractivity contribution in [1.82, 2.24) is 20.2 Å². The van der Waals surface area contributed by atoms with Gasteiger partial charge >= 0.3 is 5.97 Å². The number of H-pyrrole nitrogens is 1. The highest BCUT2D eigenvalue weighted by atomic mass is 32.2. The van der Waals surface area contributed by atoms with Crippen molar-refractivity contribution in [2.75, 3.05) is 6.26 Å². The van der Waals surface area contributed by atoms with Crippen LogP contribution in [0.5, 0.6) is 11.6 Å². The molecule has 0 radical (unpaired) electrons. The molecule has 3 aromatic carbocycles. The number of carboxylic acids is 1. The number of carbonyl (C=O) groups is 1. The number of aromatic nitrogens is 4. The minimum atomic E-state index is -3.47. The van der Waals surface area contributed by atoms with Crippen LogP contribution >= 0.6 is 0 Å². The molecule has 11 heteroatoms. The van der Waals surface area contributed by atoms with Gasteiger partial charge < -0.3 is 9.84 Å². The topological polar surface area (TPSA) is 135 Å². The monoisotopic (exact) mass is 610 g/mol. The van der Waals surface area contributed by atoms with Crippen LogP contribution in [0.3, 0.4) is 0 Å². The van der Waals surface area contributed by atoms with E-state index in [0.717, 1.165) is 71.2 Å². The number of nitrogens with one attached hydrogen (secondary N) is 1. The van der Waals surface area contributed by atoms with Gasteiger partial charge in [0.1, 0.15) is 5.75 Å². The second-order valence-corrected chi connectivity index (χ2v) is 12.5. The average Bonchev–Trinajstić information content (AvgIpc) is 3.35. The third-order valence-electron chi connectivity index (χ3n) is 7.57. The van der Waals surface area contributed by atoms with E-state index >= 15 is 0 Å². The molecule has 2 aromatic heterocycles. The number of halogens is 1. The Hall–Kier alpha value is -5.16. The number of aromatic amines is 1. The summed E-state index contributed by atoms with van der Waals surface area (Å²) in [5.41, 5.74) is 6.03. The fourth-order valence-corrected chi connectivity index (χ4v) is 5.68. The molecule has 2 N–H and O–H groups in total. The molecule has 2 heterocycles. The Morgan fingerprint density at radius 1 is 0.977 bits per heavy atom. The SMILES string of the molecule is CS(=O)(=O)c1cnc(Oc2ccc(C(=C(c3ccc(/C=C/C(=O)O)cc3)c3ccc4n[nH]c(F)c4c3)C3CCC3)cc2)cn1. The molecule has 1 fully saturated rings. The van der Waals surface area contributed by atoms with Crippen molar-refractivity contribution in [1.29, 1.82) is 0 Å². The van der Waals surface area contributed by atoms with E-state index in [4.69, 9.17) is 9.84 Å². The zero-order valence-electron chi connectivity index (χ0n) is 23.6. The molecule has 5 aromatic rings. The molecule has 1 aliphatic rings. The van der Waals surface area contributed by atoms with E-state index in [0.29, 0.717) is 16.7 Å². The van der Waals surface area contributed by atoms with E-state index in [9.17, 15) is 17.6 Å². The summed E-state index contributed by atoms with van der Waals surface area (Å²) >= 11 is 0. The Labute approximate surface area is 252 Å². The third-order valence-corrected chi connectivity index (χ3v) is 8.54. The molecule has 0 bridgehead atoms. The van der Waals surface area contributed by atoms with Crippen molar-refractivity contribution in [3.05, 3.63) is 113 Å². The number of hydrogen-bond donors (Lipinski definition) is 2. The lowest BCUT2D eigenvalue weighted by Crippen LogP contribution is -2.15. The van der Waals surface area contributed by atoms with Crippen molar-refractivity contribution in [3.63, 3.8) is 0 Å². The molecule has 44 heavy (non-hydrogen) atoms. The van der Waals surface area contributed by atoms with Gasteiger partial charge in [0.15, 0.2) is 14.9 Å². The summed E-state index contributed by atoms with van der Waals surface area (Å²) in [6.07, 6.45) is 9.21.